The molecule has 2 heterocycles. The lowest BCUT2D eigenvalue weighted by atomic mass is 10.2. The van der Waals surface area contributed by atoms with Crippen LogP contribution in [0.2, 0.25) is 0 Å². The minimum atomic E-state index is -0.0583. The van der Waals surface area contributed by atoms with Gasteiger partial charge in [0, 0.05) is 36.0 Å². The number of benzene rings is 2. The van der Waals surface area contributed by atoms with Crippen molar-refractivity contribution in [1.29, 1.82) is 0 Å². The quantitative estimate of drug-likeness (QED) is 0.645. The number of carbonyl (C=O) groups excluding carboxylic acids is 1. The Labute approximate surface area is 160 Å². The molecule has 0 radical (unpaired) electrons. The van der Waals surface area contributed by atoms with E-state index in [1.807, 2.05) is 53.4 Å². The summed E-state index contributed by atoms with van der Waals surface area (Å²) in [6, 6.07) is 15.5. The molecule has 0 aliphatic carbocycles. The van der Waals surface area contributed by atoms with E-state index in [4.69, 9.17) is 9.15 Å². The molecule has 1 aromatic heterocycles. The number of halogens is 1. The number of piperazine rings is 1. The first kappa shape index (κ1) is 17.0. The fourth-order valence-electron chi connectivity index (χ4n) is 3.32. The lowest BCUT2D eigenvalue weighted by Gasteiger charge is -2.36. The molecular weight excluding hydrogens is 396 g/mol. The maximum absolute atomic E-state index is 12.8. The van der Waals surface area contributed by atoms with Crippen molar-refractivity contribution >= 4 is 38.5 Å². The van der Waals surface area contributed by atoms with Crippen molar-refractivity contribution in [3.8, 4) is 5.75 Å². The second-order valence-corrected chi connectivity index (χ2v) is 7.16. The Morgan fingerprint density at radius 2 is 1.85 bits per heavy atom. The van der Waals surface area contributed by atoms with E-state index in [9.17, 15) is 4.79 Å². The van der Waals surface area contributed by atoms with E-state index >= 15 is 0 Å². The van der Waals surface area contributed by atoms with Gasteiger partial charge in [0.25, 0.3) is 5.91 Å². The van der Waals surface area contributed by atoms with E-state index in [2.05, 4.69) is 20.8 Å². The molecule has 1 amide bonds. The molecule has 6 heteroatoms. The number of rotatable bonds is 3. The monoisotopic (exact) mass is 414 g/mol. The molecule has 1 aliphatic rings. The molecule has 2 aromatic carbocycles. The summed E-state index contributed by atoms with van der Waals surface area (Å²) in [5.74, 6) is 1.19. The number of ether oxygens (including phenoxy) is 1. The van der Waals surface area contributed by atoms with E-state index in [-0.39, 0.29) is 5.91 Å². The molecule has 5 nitrogen and oxygen atoms in total. The Balaban J connectivity index is 1.47. The smallest absolute Gasteiger partial charge is 0.289 e. The summed E-state index contributed by atoms with van der Waals surface area (Å²) in [7, 11) is 1.68. The Morgan fingerprint density at radius 3 is 2.62 bits per heavy atom. The van der Waals surface area contributed by atoms with Crippen molar-refractivity contribution in [2.75, 3.05) is 38.2 Å². The van der Waals surface area contributed by atoms with Crippen LogP contribution in [0.5, 0.6) is 5.75 Å². The molecule has 1 fully saturated rings. The Hall–Kier alpha value is -2.47. The number of amides is 1. The first-order valence-corrected chi connectivity index (χ1v) is 9.31. The molecule has 1 aliphatic heterocycles. The zero-order valence-corrected chi connectivity index (χ0v) is 16.0. The number of hydrogen-bond donors (Lipinski definition) is 0. The highest BCUT2D eigenvalue weighted by Gasteiger charge is 2.25. The van der Waals surface area contributed by atoms with Gasteiger partial charge in [0.2, 0.25) is 0 Å². The summed E-state index contributed by atoms with van der Waals surface area (Å²) >= 11 is 3.44. The highest BCUT2D eigenvalue weighted by atomic mass is 79.9. The van der Waals surface area contributed by atoms with Crippen molar-refractivity contribution in [3.05, 3.63) is 58.8 Å². The third-order valence-corrected chi connectivity index (χ3v) is 5.18. The van der Waals surface area contributed by atoms with Gasteiger partial charge in [0.15, 0.2) is 5.76 Å². The second-order valence-electron chi connectivity index (χ2n) is 6.24. The average molecular weight is 415 g/mol. The Morgan fingerprint density at radius 1 is 1.08 bits per heavy atom. The van der Waals surface area contributed by atoms with Crippen LogP contribution >= 0.6 is 15.9 Å². The molecule has 3 aromatic rings. The number of carbonyl (C=O) groups is 1. The van der Waals surface area contributed by atoms with Gasteiger partial charge in [0.1, 0.15) is 11.3 Å². The van der Waals surface area contributed by atoms with Crippen LogP contribution < -0.4 is 9.64 Å². The zero-order chi connectivity index (χ0) is 18.1. The summed E-state index contributed by atoms with van der Waals surface area (Å²) in [6.45, 7) is 2.82. The van der Waals surface area contributed by atoms with Crippen molar-refractivity contribution < 1.29 is 13.9 Å². The van der Waals surface area contributed by atoms with Crippen molar-refractivity contribution in [3.63, 3.8) is 0 Å². The second kappa shape index (κ2) is 7.03. The topological polar surface area (TPSA) is 45.9 Å². The van der Waals surface area contributed by atoms with Crippen LogP contribution in [0.4, 0.5) is 5.69 Å². The van der Waals surface area contributed by atoms with Crippen molar-refractivity contribution in [2.45, 2.75) is 0 Å². The third kappa shape index (κ3) is 3.17. The number of fused-ring (bicyclic) bond motifs is 1. The molecule has 0 unspecified atom stereocenters. The van der Waals surface area contributed by atoms with Crippen LogP contribution in [0.15, 0.2) is 57.4 Å². The normalized spacial score (nSPS) is 14.7. The number of anilines is 1. The highest BCUT2D eigenvalue weighted by molar-refractivity contribution is 9.10. The molecule has 0 N–H and O–H groups in total. The minimum absolute atomic E-state index is 0.0583. The van der Waals surface area contributed by atoms with Gasteiger partial charge in [-0.1, -0.05) is 28.1 Å². The van der Waals surface area contributed by atoms with Gasteiger partial charge >= 0.3 is 0 Å². The van der Waals surface area contributed by atoms with E-state index in [1.165, 1.54) is 0 Å². The molecule has 0 saturated carbocycles. The molecule has 4 rings (SSSR count). The van der Waals surface area contributed by atoms with Crippen LogP contribution in [-0.4, -0.2) is 44.1 Å². The van der Waals surface area contributed by atoms with Crippen LogP contribution in [0.3, 0.4) is 0 Å². The first-order valence-electron chi connectivity index (χ1n) is 8.52. The van der Waals surface area contributed by atoms with Gasteiger partial charge in [-0.15, -0.1) is 0 Å². The Kier molecular flexibility index (Phi) is 4.59. The van der Waals surface area contributed by atoms with E-state index < -0.39 is 0 Å². The van der Waals surface area contributed by atoms with Crippen LogP contribution in [0.1, 0.15) is 10.6 Å². The fraction of sp³-hybridized carbons (Fsp3) is 0.250. The molecule has 134 valence electrons. The molecule has 0 atom stereocenters. The van der Waals surface area contributed by atoms with Crippen molar-refractivity contribution in [1.82, 2.24) is 4.90 Å². The molecule has 1 saturated heterocycles. The third-order valence-electron chi connectivity index (χ3n) is 4.68. The summed E-state index contributed by atoms with van der Waals surface area (Å²) in [4.78, 5) is 16.9. The predicted molar refractivity (Wildman–Crippen MR) is 105 cm³/mol. The maximum atomic E-state index is 12.8. The standard InChI is InChI=1S/C20H19BrN2O3/c1-25-18-5-3-2-4-16(18)22-8-10-23(11-9-22)20(24)19-13-14-12-15(21)6-7-17(14)26-19/h2-7,12-13H,8-11H2,1H3. The van der Waals surface area contributed by atoms with Gasteiger partial charge in [-0.3, -0.25) is 4.79 Å². The number of methoxy groups -OCH3 is 1. The van der Waals surface area contributed by atoms with E-state index in [0.29, 0.717) is 18.8 Å². The highest BCUT2D eigenvalue weighted by Crippen LogP contribution is 2.29. The zero-order valence-electron chi connectivity index (χ0n) is 14.4. The average Bonchev–Trinajstić information content (AvgIpc) is 3.10. The molecule has 0 bridgehead atoms. The molecule has 0 spiro atoms. The van der Waals surface area contributed by atoms with Gasteiger partial charge in [-0.25, -0.2) is 0 Å². The maximum Gasteiger partial charge on any atom is 0.289 e. The molecular formula is C20H19BrN2O3. The largest absolute Gasteiger partial charge is 0.495 e. The summed E-state index contributed by atoms with van der Waals surface area (Å²) in [5.41, 5.74) is 1.79. The summed E-state index contributed by atoms with van der Waals surface area (Å²) in [5, 5.41) is 0.926. The van der Waals surface area contributed by atoms with Crippen LogP contribution in [-0.2, 0) is 0 Å². The molecule has 26 heavy (non-hydrogen) atoms. The van der Waals surface area contributed by atoms with Gasteiger partial charge in [-0.2, -0.15) is 0 Å². The van der Waals surface area contributed by atoms with Gasteiger partial charge in [0.05, 0.1) is 12.8 Å². The SMILES string of the molecule is COc1ccccc1N1CCN(C(=O)c2cc3cc(Br)ccc3o2)CC1. The van der Waals surface area contributed by atoms with E-state index in [0.717, 1.165) is 40.0 Å². The van der Waals surface area contributed by atoms with Gasteiger partial charge < -0.3 is 19.0 Å². The summed E-state index contributed by atoms with van der Waals surface area (Å²) < 4.78 is 12.2. The number of para-hydroxylation sites is 2. The predicted octanol–water partition coefficient (Wildman–Crippen LogP) is 4.17. The lowest BCUT2D eigenvalue weighted by molar-refractivity contribution is 0.0717. The number of furan rings is 1. The lowest BCUT2D eigenvalue weighted by Crippen LogP contribution is -2.48. The number of hydrogen-bond acceptors (Lipinski definition) is 4. The van der Waals surface area contributed by atoms with Crippen molar-refractivity contribution in [2.24, 2.45) is 0 Å². The first-order chi connectivity index (χ1) is 12.7. The minimum Gasteiger partial charge on any atom is -0.495 e. The Bertz CT molecular complexity index is 945. The summed E-state index contributed by atoms with van der Waals surface area (Å²) in [6.07, 6.45) is 0. The van der Waals surface area contributed by atoms with Crippen LogP contribution in [0.25, 0.3) is 11.0 Å². The van der Waals surface area contributed by atoms with Gasteiger partial charge in [-0.05, 0) is 36.4 Å². The number of nitrogens with zero attached hydrogens (tertiary/aromatic N) is 2. The van der Waals surface area contributed by atoms with Crippen LogP contribution in [0, 0.1) is 0 Å². The fourth-order valence-corrected chi connectivity index (χ4v) is 3.70. The van der Waals surface area contributed by atoms with E-state index in [1.54, 1.807) is 7.11 Å².